The monoisotopic (exact) mass is 433 g/mol. The van der Waals surface area contributed by atoms with Crippen molar-refractivity contribution in [2.75, 3.05) is 11.2 Å². The fourth-order valence-electron chi connectivity index (χ4n) is 3.41. The number of thioether (sulfide) groups is 1. The van der Waals surface area contributed by atoms with Crippen molar-refractivity contribution in [2.24, 2.45) is 0 Å². The average Bonchev–Trinajstić information content (AvgIpc) is 2.68. The van der Waals surface area contributed by atoms with Gasteiger partial charge in [-0.3, -0.25) is 14.6 Å². The minimum absolute atomic E-state index is 0.209. The van der Waals surface area contributed by atoms with Crippen LogP contribution in [0.15, 0.2) is 52.4 Å². The molecule has 1 atom stereocenters. The smallest absolute Gasteiger partial charge is 0.291 e. The van der Waals surface area contributed by atoms with E-state index in [1.807, 2.05) is 18.4 Å². The van der Waals surface area contributed by atoms with Gasteiger partial charge in [-0.2, -0.15) is 0 Å². The van der Waals surface area contributed by atoms with Gasteiger partial charge < -0.3 is 0 Å². The van der Waals surface area contributed by atoms with Gasteiger partial charge in [0.05, 0.1) is 26.9 Å². The number of benzene rings is 2. The number of aromatic nitrogens is 3. The quantitative estimate of drug-likeness (QED) is 0.494. The molecule has 9 heteroatoms. The second-order valence-corrected chi connectivity index (χ2v) is 7.76. The predicted octanol–water partition coefficient (Wildman–Crippen LogP) is 3.67. The Balaban J connectivity index is 2.13. The molecule has 2 aromatic carbocycles. The number of halogens is 2. The average molecular weight is 434 g/mol. The number of rotatable bonds is 2. The number of carbonyl (C=O) groups excluding carboxylic acids is 1. The van der Waals surface area contributed by atoms with Gasteiger partial charge in [-0.1, -0.05) is 53.2 Å². The minimum Gasteiger partial charge on any atom is -0.291 e. The molecule has 3 aromatic rings. The number of nitrogens with one attached hydrogen (secondary N) is 1. The maximum Gasteiger partial charge on any atom is 0.325 e. The van der Waals surface area contributed by atoms with E-state index in [1.165, 1.54) is 18.7 Å². The summed E-state index contributed by atoms with van der Waals surface area (Å²) in [6.45, 7) is 1.47. The minimum atomic E-state index is -0.748. The van der Waals surface area contributed by atoms with E-state index in [4.69, 9.17) is 23.2 Å². The van der Waals surface area contributed by atoms with E-state index in [9.17, 15) is 9.59 Å². The van der Waals surface area contributed by atoms with E-state index in [1.54, 1.807) is 39.9 Å². The fraction of sp³-hybridized carbons (Fsp3) is 0.158. The number of nitrogens with zero attached hydrogens (tertiary/aromatic N) is 3. The molecule has 1 aliphatic heterocycles. The highest BCUT2D eigenvalue weighted by molar-refractivity contribution is 7.98. The molecule has 0 radical (unpaired) electrons. The molecule has 0 bridgehead atoms. The summed E-state index contributed by atoms with van der Waals surface area (Å²) in [4.78, 5) is 30.0. The first kappa shape index (κ1) is 19.0. The van der Waals surface area contributed by atoms with Crippen molar-refractivity contribution in [3.8, 4) is 11.3 Å². The summed E-state index contributed by atoms with van der Waals surface area (Å²) >= 11 is 14.0. The van der Waals surface area contributed by atoms with Crippen molar-refractivity contribution >= 4 is 46.6 Å². The Labute approximate surface area is 175 Å². The van der Waals surface area contributed by atoms with Gasteiger partial charge in [0.25, 0.3) is 6.17 Å². The Kier molecular flexibility index (Phi) is 4.91. The highest BCUT2D eigenvalue weighted by Crippen LogP contribution is 2.40. The SMILES string of the molecule is CSc1n[n+]2c(c(=O)[nH]1)-c1ccccc1N(C(C)=O)[C@@H]2c1cccc(Cl)c1Cl. The Morgan fingerprint density at radius 1 is 1.21 bits per heavy atom. The number of H-pyrrole nitrogens is 1. The molecule has 2 heterocycles. The zero-order chi connectivity index (χ0) is 20.0. The van der Waals surface area contributed by atoms with Gasteiger partial charge in [0, 0.05) is 12.0 Å². The molecule has 4 rings (SSSR count). The fourth-order valence-corrected chi connectivity index (χ4v) is 4.18. The van der Waals surface area contributed by atoms with Crippen LogP contribution in [0.5, 0.6) is 0 Å². The predicted molar refractivity (Wildman–Crippen MR) is 110 cm³/mol. The number of para-hydroxylation sites is 1. The summed E-state index contributed by atoms with van der Waals surface area (Å²) in [5.74, 6) is -0.209. The second-order valence-electron chi connectivity index (χ2n) is 6.18. The van der Waals surface area contributed by atoms with Crippen LogP contribution in [0.1, 0.15) is 18.7 Å². The summed E-state index contributed by atoms with van der Waals surface area (Å²) in [6, 6.07) is 12.4. The van der Waals surface area contributed by atoms with Crippen molar-refractivity contribution in [1.29, 1.82) is 0 Å². The lowest BCUT2D eigenvalue weighted by Gasteiger charge is -2.31. The zero-order valence-electron chi connectivity index (χ0n) is 14.9. The van der Waals surface area contributed by atoms with E-state index in [0.29, 0.717) is 37.7 Å². The van der Waals surface area contributed by atoms with Gasteiger partial charge in [0.15, 0.2) is 0 Å². The third-order valence-corrected chi connectivity index (χ3v) is 5.95. The van der Waals surface area contributed by atoms with Crippen molar-refractivity contribution in [1.82, 2.24) is 10.1 Å². The van der Waals surface area contributed by atoms with Crippen LogP contribution in [-0.2, 0) is 4.79 Å². The van der Waals surface area contributed by atoms with Gasteiger partial charge in [0.1, 0.15) is 0 Å². The van der Waals surface area contributed by atoms with Crippen LogP contribution in [-0.4, -0.2) is 22.2 Å². The van der Waals surface area contributed by atoms with Crippen molar-refractivity contribution in [3.63, 3.8) is 0 Å². The molecular formula is C19H15Cl2N4O2S+. The number of anilines is 1. The van der Waals surface area contributed by atoms with Crippen molar-refractivity contribution in [2.45, 2.75) is 18.2 Å². The summed E-state index contributed by atoms with van der Waals surface area (Å²) < 4.78 is 1.55. The highest BCUT2D eigenvalue weighted by atomic mass is 35.5. The first-order valence-electron chi connectivity index (χ1n) is 8.37. The third-order valence-electron chi connectivity index (χ3n) is 4.55. The van der Waals surface area contributed by atoms with E-state index >= 15 is 0 Å². The van der Waals surface area contributed by atoms with E-state index in [-0.39, 0.29) is 11.5 Å². The second kappa shape index (κ2) is 7.24. The van der Waals surface area contributed by atoms with Gasteiger partial charge in [-0.15, -0.1) is 0 Å². The molecule has 0 saturated heterocycles. The van der Waals surface area contributed by atoms with Gasteiger partial charge in [-0.25, -0.2) is 4.90 Å². The molecule has 6 nitrogen and oxygen atoms in total. The molecular weight excluding hydrogens is 419 g/mol. The van der Waals surface area contributed by atoms with Crippen LogP contribution in [0.3, 0.4) is 0 Å². The van der Waals surface area contributed by atoms with Crippen LogP contribution >= 0.6 is 35.0 Å². The van der Waals surface area contributed by atoms with E-state index in [2.05, 4.69) is 10.1 Å². The number of hydrogen-bond donors (Lipinski definition) is 1. The lowest BCUT2D eigenvalue weighted by atomic mass is 10.0. The van der Waals surface area contributed by atoms with Gasteiger partial charge in [0.2, 0.25) is 11.1 Å². The molecule has 0 fully saturated rings. The largest absolute Gasteiger partial charge is 0.325 e. The lowest BCUT2D eigenvalue weighted by molar-refractivity contribution is -0.763. The molecule has 0 saturated carbocycles. The van der Waals surface area contributed by atoms with E-state index in [0.717, 1.165) is 0 Å². The van der Waals surface area contributed by atoms with Crippen LogP contribution in [0.4, 0.5) is 5.69 Å². The highest BCUT2D eigenvalue weighted by Gasteiger charge is 2.45. The molecule has 1 amide bonds. The first-order valence-corrected chi connectivity index (χ1v) is 10.4. The van der Waals surface area contributed by atoms with Crippen LogP contribution in [0.25, 0.3) is 11.3 Å². The molecule has 0 unspecified atom stereocenters. The van der Waals surface area contributed by atoms with Crippen LogP contribution in [0.2, 0.25) is 10.0 Å². The number of amides is 1. The third kappa shape index (κ3) is 2.90. The Morgan fingerprint density at radius 3 is 2.68 bits per heavy atom. The number of carbonyl (C=O) groups is 1. The van der Waals surface area contributed by atoms with Crippen molar-refractivity contribution in [3.05, 3.63) is 68.4 Å². The van der Waals surface area contributed by atoms with Crippen LogP contribution < -0.4 is 15.1 Å². The molecule has 0 spiro atoms. The topological polar surface area (TPSA) is 69.9 Å². The summed E-state index contributed by atoms with van der Waals surface area (Å²) in [6.07, 6.45) is 1.06. The summed E-state index contributed by atoms with van der Waals surface area (Å²) in [5, 5.41) is 5.68. The van der Waals surface area contributed by atoms with Gasteiger partial charge >= 0.3 is 11.3 Å². The number of fused-ring (bicyclic) bond motifs is 3. The Hall–Kier alpha value is -2.35. The zero-order valence-corrected chi connectivity index (χ0v) is 17.3. The molecule has 1 N–H and O–H groups in total. The Bertz CT molecular complexity index is 1160. The van der Waals surface area contributed by atoms with Crippen molar-refractivity contribution < 1.29 is 9.48 Å². The first-order chi connectivity index (χ1) is 13.4. The Morgan fingerprint density at radius 2 is 1.96 bits per heavy atom. The molecule has 1 aromatic heterocycles. The molecule has 1 aliphatic rings. The lowest BCUT2D eigenvalue weighted by Crippen LogP contribution is -2.60. The van der Waals surface area contributed by atoms with E-state index < -0.39 is 6.17 Å². The maximum absolute atomic E-state index is 12.9. The summed E-state index contributed by atoms with van der Waals surface area (Å²) in [7, 11) is 0. The van der Waals surface area contributed by atoms with Gasteiger partial charge in [-0.05, 0) is 35.2 Å². The molecule has 0 aliphatic carbocycles. The maximum atomic E-state index is 12.9. The molecule has 142 valence electrons. The normalized spacial score (nSPS) is 15.1. The molecule has 28 heavy (non-hydrogen) atoms. The number of aromatic amines is 1. The number of hydrogen-bond acceptors (Lipinski definition) is 4. The van der Waals surface area contributed by atoms with Crippen LogP contribution in [0, 0.1) is 0 Å². The standard InChI is InChI=1S/C19H14Cl2N4O2S/c1-10(26)24-14-9-4-3-6-11(14)16-17(27)22-19(28-2)23-25(16)18(24)12-7-5-8-13(20)15(12)21/h3-9,18H,1-2H3/p+1/t18-/m0/s1. The summed E-state index contributed by atoms with van der Waals surface area (Å²) in [5.41, 5.74) is 1.87.